The first kappa shape index (κ1) is 29.5. The molecular formula is C48H33NO. The van der Waals surface area contributed by atoms with E-state index in [1.807, 2.05) is 0 Å². The second-order valence-corrected chi connectivity index (χ2v) is 12.6. The molecule has 0 bridgehead atoms. The van der Waals surface area contributed by atoms with Crippen LogP contribution in [-0.2, 0) is 0 Å². The van der Waals surface area contributed by atoms with Crippen LogP contribution in [0.1, 0.15) is 0 Å². The Kier molecular flexibility index (Phi) is 7.53. The van der Waals surface area contributed by atoms with Crippen LogP contribution in [0.25, 0.3) is 66.4 Å². The van der Waals surface area contributed by atoms with Gasteiger partial charge < -0.3 is 9.32 Å². The number of anilines is 3. The van der Waals surface area contributed by atoms with Crippen molar-refractivity contribution < 1.29 is 4.42 Å². The van der Waals surface area contributed by atoms with Crippen molar-refractivity contribution in [2.45, 2.75) is 0 Å². The van der Waals surface area contributed by atoms with Gasteiger partial charge in [-0.15, -0.1) is 0 Å². The fraction of sp³-hybridized carbons (Fsp3) is 0. The average Bonchev–Trinajstić information content (AvgIpc) is 3.65. The zero-order valence-electron chi connectivity index (χ0n) is 27.4. The maximum atomic E-state index is 6.29. The van der Waals surface area contributed by atoms with Gasteiger partial charge in [0.15, 0.2) is 0 Å². The zero-order chi connectivity index (χ0) is 33.3. The summed E-state index contributed by atoms with van der Waals surface area (Å²) in [5.74, 6) is 0.880. The lowest BCUT2D eigenvalue weighted by molar-refractivity contribution is 0.632. The Hall–Kier alpha value is -6.64. The van der Waals surface area contributed by atoms with Gasteiger partial charge in [0.2, 0.25) is 0 Å². The molecule has 0 aliphatic rings. The van der Waals surface area contributed by atoms with E-state index in [2.05, 4.69) is 205 Å². The molecular weight excluding hydrogens is 607 g/mol. The van der Waals surface area contributed by atoms with Gasteiger partial charge in [0, 0.05) is 28.0 Å². The van der Waals surface area contributed by atoms with Crippen LogP contribution in [0.2, 0.25) is 0 Å². The Balaban J connectivity index is 1.02. The highest BCUT2D eigenvalue weighted by atomic mass is 16.3. The fourth-order valence-corrected chi connectivity index (χ4v) is 6.88. The van der Waals surface area contributed by atoms with Gasteiger partial charge in [-0.3, -0.25) is 0 Å². The number of hydrogen-bond donors (Lipinski definition) is 0. The van der Waals surface area contributed by atoms with E-state index >= 15 is 0 Å². The first-order chi connectivity index (χ1) is 24.8. The second kappa shape index (κ2) is 12.8. The summed E-state index contributed by atoms with van der Waals surface area (Å²) in [4.78, 5) is 2.32. The third-order valence-electron chi connectivity index (χ3n) is 9.52. The maximum absolute atomic E-state index is 6.29. The molecule has 8 aromatic carbocycles. The van der Waals surface area contributed by atoms with E-state index in [-0.39, 0.29) is 0 Å². The Morgan fingerprint density at radius 3 is 1.20 bits per heavy atom. The standard InChI is InChI=1S/C48H33NO/c1-3-9-34(10-4-1)37-19-26-42(27-20-37)49(43-28-21-38(22-29-43)35-11-5-2-6-12-35)44-30-23-39(24-31-44)36-15-17-41(18-16-36)48-33-46-45-14-8-7-13-40(45)25-32-47(46)50-48/h1-33H. The molecule has 236 valence electrons. The predicted molar refractivity (Wildman–Crippen MR) is 210 cm³/mol. The van der Waals surface area contributed by atoms with E-state index in [1.54, 1.807) is 0 Å². The summed E-state index contributed by atoms with van der Waals surface area (Å²) < 4.78 is 6.29. The minimum absolute atomic E-state index is 0.880. The third kappa shape index (κ3) is 5.63. The van der Waals surface area contributed by atoms with Gasteiger partial charge >= 0.3 is 0 Å². The lowest BCUT2D eigenvalue weighted by Gasteiger charge is -2.26. The van der Waals surface area contributed by atoms with Crippen molar-refractivity contribution in [3.8, 4) is 44.7 Å². The predicted octanol–water partition coefficient (Wildman–Crippen LogP) is 13.7. The third-order valence-corrected chi connectivity index (χ3v) is 9.52. The first-order valence-electron chi connectivity index (χ1n) is 17.0. The van der Waals surface area contributed by atoms with Crippen LogP contribution >= 0.6 is 0 Å². The molecule has 0 radical (unpaired) electrons. The highest BCUT2D eigenvalue weighted by Crippen LogP contribution is 2.38. The molecule has 0 amide bonds. The summed E-state index contributed by atoms with van der Waals surface area (Å²) in [7, 11) is 0. The van der Waals surface area contributed by atoms with E-state index in [0.29, 0.717) is 0 Å². The molecule has 1 heterocycles. The largest absolute Gasteiger partial charge is 0.456 e. The first-order valence-corrected chi connectivity index (χ1v) is 17.0. The normalized spacial score (nSPS) is 11.2. The smallest absolute Gasteiger partial charge is 0.135 e. The van der Waals surface area contributed by atoms with Gasteiger partial charge in [-0.1, -0.05) is 152 Å². The molecule has 2 heteroatoms. The molecule has 50 heavy (non-hydrogen) atoms. The number of nitrogens with zero attached hydrogens (tertiary/aromatic N) is 1. The minimum Gasteiger partial charge on any atom is -0.456 e. The highest BCUT2D eigenvalue weighted by Gasteiger charge is 2.14. The number of furan rings is 1. The molecule has 0 N–H and O–H groups in total. The Morgan fingerprint density at radius 1 is 0.300 bits per heavy atom. The topological polar surface area (TPSA) is 16.4 Å². The Bertz CT molecular complexity index is 2450. The molecule has 0 saturated carbocycles. The summed E-state index contributed by atoms with van der Waals surface area (Å²) in [6.45, 7) is 0. The summed E-state index contributed by atoms with van der Waals surface area (Å²) in [5.41, 5.74) is 12.4. The van der Waals surface area contributed by atoms with E-state index in [9.17, 15) is 0 Å². The van der Waals surface area contributed by atoms with Crippen LogP contribution < -0.4 is 4.90 Å². The van der Waals surface area contributed by atoms with E-state index in [0.717, 1.165) is 50.5 Å². The molecule has 0 aliphatic carbocycles. The summed E-state index contributed by atoms with van der Waals surface area (Å²) in [5, 5.41) is 3.58. The van der Waals surface area contributed by atoms with Gasteiger partial charge in [0.25, 0.3) is 0 Å². The lowest BCUT2D eigenvalue weighted by Crippen LogP contribution is -2.09. The zero-order valence-corrected chi connectivity index (χ0v) is 27.4. The molecule has 0 atom stereocenters. The minimum atomic E-state index is 0.880. The van der Waals surface area contributed by atoms with Gasteiger partial charge in [0.1, 0.15) is 11.3 Å². The monoisotopic (exact) mass is 639 g/mol. The number of rotatable bonds is 7. The van der Waals surface area contributed by atoms with Crippen molar-refractivity contribution in [3.63, 3.8) is 0 Å². The van der Waals surface area contributed by atoms with Crippen LogP contribution in [0, 0.1) is 0 Å². The SMILES string of the molecule is c1ccc(-c2ccc(N(c3ccc(-c4ccccc4)cc3)c3ccc(-c4ccc(-c5cc6c(ccc7ccccc76)o5)cc4)cc3)cc2)cc1. The van der Waals surface area contributed by atoms with E-state index in [4.69, 9.17) is 4.42 Å². The number of benzene rings is 8. The molecule has 0 saturated heterocycles. The van der Waals surface area contributed by atoms with Gasteiger partial charge in [-0.2, -0.15) is 0 Å². The van der Waals surface area contributed by atoms with Crippen molar-refractivity contribution in [1.29, 1.82) is 0 Å². The molecule has 9 rings (SSSR count). The molecule has 0 aliphatic heterocycles. The van der Waals surface area contributed by atoms with E-state index in [1.165, 1.54) is 33.0 Å². The van der Waals surface area contributed by atoms with Gasteiger partial charge in [-0.05, 0) is 92.7 Å². The van der Waals surface area contributed by atoms with Crippen LogP contribution in [0.4, 0.5) is 17.1 Å². The van der Waals surface area contributed by atoms with Gasteiger partial charge in [0.05, 0.1) is 0 Å². The van der Waals surface area contributed by atoms with Crippen molar-refractivity contribution in [1.82, 2.24) is 0 Å². The van der Waals surface area contributed by atoms with Crippen molar-refractivity contribution in [3.05, 3.63) is 200 Å². The summed E-state index contributed by atoms with van der Waals surface area (Å²) >= 11 is 0. The summed E-state index contributed by atoms with van der Waals surface area (Å²) in [6.07, 6.45) is 0. The quantitative estimate of drug-likeness (QED) is 0.173. The van der Waals surface area contributed by atoms with Crippen molar-refractivity contribution in [2.24, 2.45) is 0 Å². The Morgan fingerprint density at radius 2 is 0.700 bits per heavy atom. The Labute approximate surface area is 292 Å². The summed E-state index contributed by atoms with van der Waals surface area (Å²) in [6, 6.07) is 71.0. The molecule has 2 nitrogen and oxygen atoms in total. The number of hydrogen-bond acceptors (Lipinski definition) is 2. The molecule has 0 unspecified atom stereocenters. The maximum Gasteiger partial charge on any atom is 0.135 e. The van der Waals surface area contributed by atoms with E-state index < -0.39 is 0 Å². The fourth-order valence-electron chi connectivity index (χ4n) is 6.88. The molecule has 0 fully saturated rings. The van der Waals surface area contributed by atoms with Crippen LogP contribution in [0.15, 0.2) is 205 Å². The molecule has 9 aromatic rings. The van der Waals surface area contributed by atoms with Crippen LogP contribution in [-0.4, -0.2) is 0 Å². The number of fused-ring (bicyclic) bond motifs is 3. The average molecular weight is 640 g/mol. The van der Waals surface area contributed by atoms with Crippen molar-refractivity contribution >= 4 is 38.8 Å². The highest BCUT2D eigenvalue weighted by molar-refractivity contribution is 6.07. The van der Waals surface area contributed by atoms with Gasteiger partial charge in [-0.25, -0.2) is 0 Å². The lowest BCUT2D eigenvalue weighted by atomic mass is 10.0. The van der Waals surface area contributed by atoms with Crippen LogP contribution in [0.5, 0.6) is 0 Å². The van der Waals surface area contributed by atoms with Crippen LogP contribution in [0.3, 0.4) is 0 Å². The van der Waals surface area contributed by atoms with Crippen molar-refractivity contribution in [2.75, 3.05) is 4.90 Å². The second-order valence-electron chi connectivity index (χ2n) is 12.6. The molecule has 0 spiro atoms. The molecule has 1 aromatic heterocycles.